The number of ether oxygens (including phenoxy) is 1. The molecule has 4 nitrogen and oxygen atoms in total. The molecule has 0 aromatic heterocycles. The van der Waals surface area contributed by atoms with Crippen molar-refractivity contribution in [2.75, 3.05) is 26.7 Å². The number of carbonyl (C=O) groups excluding carboxylic acids is 1. The molecule has 0 unspecified atom stereocenters. The first-order chi connectivity index (χ1) is 10.2. The van der Waals surface area contributed by atoms with E-state index in [4.69, 9.17) is 4.74 Å². The van der Waals surface area contributed by atoms with Crippen molar-refractivity contribution in [2.45, 2.75) is 38.3 Å². The van der Waals surface area contributed by atoms with Gasteiger partial charge in [-0.3, -0.25) is 9.69 Å². The van der Waals surface area contributed by atoms with Crippen molar-refractivity contribution in [1.82, 2.24) is 10.2 Å². The van der Waals surface area contributed by atoms with E-state index in [1.165, 1.54) is 12.8 Å². The van der Waals surface area contributed by atoms with Crippen LogP contribution in [-0.2, 0) is 16.1 Å². The van der Waals surface area contributed by atoms with E-state index in [2.05, 4.69) is 10.2 Å². The molecule has 1 amide bonds. The van der Waals surface area contributed by atoms with E-state index >= 15 is 0 Å². The fourth-order valence-corrected chi connectivity index (χ4v) is 2.58. The van der Waals surface area contributed by atoms with Crippen LogP contribution in [0.2, 0.25) is 0 Å². The number of benzene rings is 1. The smallest absolute Gasteiger partial charge is 0.234 e. The Morgan fingerprint density at radius 1 is 1.33 bits per heavy atom. The normalized spacial score (nSPS) is 18.7. The van der Waals surface area contributed by atoms with Gasteiger partial charge in [0.2, 0.25) is 5.91 Å². The van der Waals surface area contributed by atoms with Crippen molar-refractivity contribution in [3.63, 3.8) is 0 Å². The zero-order chi connectivity index (χ0) is 14.9. The van der Waals surface area contributed by atoms with Gasteiger partial charge in [-0.1, -0.05) is 30.3 Å². The molecular weight excluding hydrogens is 264 g/mol. The molecule has 0 spiro atoms. The zero-order valence-electron chi connectivity index (χ0n) is 12.9. The predicted octanol–water partition coefficient (Wildman–Crippen LogP) is 2.19. The highest BCUT2D eigenvalue weighted by atomic mass is 16.5. The Hall–Kier alpha value is -1.39. The number of amides is 1. The van der Waals surface area contributed by atoms with Crippen LogP contribution in [0.25, 0.3) is 0 Å². The molecule has 0 aliphatic carbocycles. The number of carbonyl (C=O) groups is 1. The van der Waals surface area contributed by atoms with E-state index in [1.807, 2.05) is 37.4 Å². The average Bonchev–Trinajstić information content (AvgIpc) is 2.53. The second kappa shape index (κ2) is 8.80. The molecule has 0 radical (unpaired) electrons. The average molecular weight is 290 g/mol. The van der Waals surface area contributed by atoms with Crippen LogP contribution in [-0.4, -0.2) is 43.7 Å². The summed E-state index contributed by atoms with van der Waals surface area (Å²) in [5.41, 5.74) is 1.13. The molecular formula is C17H26N2O2. The van der Waals surface area contributed by atoms with Gasteiger partial charge in [-0.15, -0.1) is 0 Å². The van der Waals surface area contributed by atoms with Crippen molar-refractivity contribution >= 4 is 5.91 Å². The third-order valence-corrected chi connectivity index (χ3v) is 3.85. The lowest BCUT2D eigenvalue weighted by Gasteiger charge is -2.25. The number of hydrogen-bond acceptors (Lipinski definition) is 3. The Bertz CT molecular complexity index is 416. The van der Waals surface area contributed by atoms with Crippen LogP contribution in [0.5, 0.6) is 0 Å². The first-order valence-corrected chi connectivity index (χ1v) is 7.85. The van der Waals surface area contributed by atoms with Gasteiger partial charge in [-0.05, 0) is 38.3 Å². The topological polar surface area (TPSA) is 41.6 Å². The first-order valence-electron chi connectivity index (χ1n) is 7.85. The van der Waals surface area contributed by atoms with Gasteiger partial charge in [0.05, 0.1) is 12.6 Å². The summed E-state index contributed by atoms with van der Waals surface area (Å²) in [5, 5.41) is 2.96. The second-order valence-electron chi connectivity index (χ2n) is 5.78. The monoisotopic (exact) mass is 290 g/mol. The molecule has 4 heteroatoms. The van der Waals surface area contributed by atoms with Crippen LogP contribution >= 0.6 is 0 Å². The van der Waals surface area contributed by atoms with Crippen molar-refractivity contribution < 1.29 is 9.53 Å². The molecule has 1 saturated heterocycles. The molecule has 1 aliphatic rings. The van der Waals surface area contributed by atoms with Gasteiger partial charge < -0.3 is 10.1 Å². The summed E-state index contributed by atoms with van der Waals surface area (Å²) in [4.78, 5) is 14.0. The molecule has 21 heavy (non-hydrogen) atoms. The molecule has 1 aromatic rings. The van der Waals surface area contributed by atoms with Gasteiger partial charge in [-0.2, -0.15) is 0 Å². The molecule has 1 atom stereocenters. The second-order valence-corrected chi connectivity index (χ2v) is 5.78. The van der Waals surface area contributed by atoms with Crippen LogP contribution in [0.15, 0.2) is 30.3 Å². The number of nitrogens with one attached hydrogen (secondary N) is 1. The fraction of sp³-hybridized carbons (Fsp3) is 0.588. The van der Waals surface area contributed by atoms with Crippen LogP contribution in [0.4, 0.5) is 0 Å². The molecule has 116 valence electrons. The Morgan fingerprint density at radius 2 is 2.14 bits per heavy atom. The van der Waals surface area contributed by atoms with Gasteiger partial charge >= 0.3 is 0 Å². The largest absolute Gasteiger partial charge is 0.378 e. The summed E-state index contributed by atoms with van der Waals surface area (Å²) in [6.07, 6.45) is 5.02. The lowest BCUT2D eigenvalue weighted by atomic mass is 10.1. The third-order valence-electron chi connectivity index (χ3n) is 3.85. The number of hydrogen-bond donors (Lipinski definition) is 1. The molecule has 1 N–H and O–H groups in total. The number of rotatable bonds is 7. The summed E-state index contributed by atoms with van der Waals surface area (Å²) < 4.78 is 5.71. The molecule has 1 aromatic carbocycles. The molecule has 0 saturated carbocycles. The van der Waals surface area contributed by atoms with Crippen LogP contribution in [0.3, 0.4) is 0 Å². The standard InChI is InChI=1S/C17H26N2O2/c1-19(11-10-16-9-5-6-12-21-16)14-17(20)18-13-15-7-3-2-4-8-15/h2-4,7-8,16H,5-6,9-14H2,1H3,(H,18,20)/t16-/m1/s1. The predicted molar refractivity (Wildman–Crippen MR) is 84.0 cm³/mol. The van der Waals surface area contributed by atoms with E-state index in [0.29, 0.717) is 19.2 Å². The van der Waals surface area contributed by atoms with E-state index in [9.17, 15) is 4.79 Å². The Labute approximate surface area is 127 Å². The summed E-state index contributed by atoms with van der Waals surface area (Å²) >= 11 is 0. The van der Waals surface area contributed by atoms with E-state index in [0.717, 1.165) is 31.6 Å². The minimum absolute atomic E-state index is 0.0749. The van der Waals surface area contributed by atoms with Gasteiger partial charge in [0, 0.05) is 19.7 Å². The quantitative estimate of drug-likeness (QED) is 0.837. The maximum absolute atomic E-state index is 11.9. The minimum atomic E-state index is 0.0749. The van der Waals surface area contributed by atoms with Gasteiger partial charge in [0.1, 0.15) is 0 Å². The minimum Gasteiger partial charge on any atom is -0.378 e. The van der Waals surface area contributed by atoms with E-state index in [-0.39, 0.29) is 5.91 Å². The third kappa shape index (κ3) is 6.27. The lowest BCUT2D eigenvalue weighted by molar-refractivity contribution is -0.122. The van der Waals surface area contributed by atoms with Gasteiger partial charge in [-0.25, -0.2) is 0 Å². The number of likely N-dealkylation sites (N-methyl/N-ethyl adjacent to an activating group) is 1. The Balaban J connectivity index is 1.60. The van der Waals surface area contributed by atoms with Crippen molar-refractivity contribution in [2.24, 2.45) is 0 Å². The zero-order valence-corrected chi connectivity index (χ0v) is 12.9. The van der Waals surface area contributed by atoms with E-state index in [1.54, 1.807) is 0 Å². The fourth-order valence-electron chi connectivity index (χ4n) is 2.58. The summed E-state index contributed by atoms with van der Waals surface area (Å²) in [6.45, 7) is 2.84. The van der Waals surface area contributed by atoms with Gasteiger partial charge in [0.25, 0.3) is 0 Å². The SMILES string of the molecule is CN(CC[C@H]1CCCCO1)CC(=O)NCc1ccccc1. The highest BCUT2D eigenvalue weighted by Gasteiger charge is 2.15. The molecule has 0 bridgehead atoms. The molecule has 2 rings (SSSR count). The molecule has 1 aliphatic heterocycles. The number of nitrogens with zero attached hydrogens (tertiary/aromatic N) is 1. The summed E-state index contributed by atoms with van der Waals surface area (Å²) in [5.74, 6) is 0.0749. The Kier molecular flexibility index (Phi) is 6.70. The van der Waals surface area contributed by atoms with Crippen LogP contribution < -0.4 is 5.32 Å². The van der Waals surface area contributed by atoms with Crippen LogP contribution in [0, 0.1) is 0 Å². The highest BCUT2D eigenvalue weighted by Crippen LogP contribution is 2.15. The summed E-state index contributed by atoms with van der Waals surface area (Å²) in [7, 11) is 1.99. The van der Waals surface area contributed by atoms with E-state index < -0.39 is 0 Å². The van der Waals surface area contributed by atoms with Gasteiger partial charge in [0.15, 0.2) is 0 Å². The lowest BCUT2D eigenvalue weighted by Crippen LogP contribution is -2.36. The Morgan fingerprint density at radius 3 is 2.86 bits per heavy atom. The van der Waals surface area contributed by atoms with Crippen LogP contribution in [0.1, 0.15) is 31.2 Å². The molecule has 1 fully saturated rings. The van der Waals surface area contributed by atoms with Crippen molar-refractivity contribution in [3.8, 4) is 0 Å². The maximum atomic E-state index is 11.9. The van der Waals surface area contributed by atoms with Crippen molar-refractivity contribution in [1.29, 1.82) is 0 Å². The summed E-state index contributed by atoms with van der Waals surface area (Å²) in [6, 6.07) is 9.98. The highest BCUT2D eigenvalue weighted by molar-refractivity contribution is 5.77. The molecule has 1 heterocycles. The van der Waals surface area contributed by atoms with Crippen molar-refractivity contribution in [3.05, 3.63) is 35.9 Å². The first kappa shape index (κ1) is 16.0. The maximum Gasteiger partial charge on any atom is 0.234 e.